The fourth-order valence-electron chi connectivity index (χ4n) is 2.14. The number of thioether (sulfide) groups is 1. The van der Waals surface area contributed by atoms with Crippen molar-refractivity contribution in [2.45, 2.75) is 17.5 Å². The standard InChI is InChI=1S/C12H10ClF3N2O3S.C4H4N2O.CH3.Cs/c13-7-6(12(14,15)16)4-5-8(9(7)22-3-1-2-19)17-11(21)18-10(5)20;7-4-3-5-1-2-6-4;;/h4,19H,1-3H2,(H2,17,18,20,21);1-3H,(H,6,7);1H3;/q;;-1;+1. The van der Waals surface area contributed by atoms with Crippen molar-refractivity contribution in [3.05, 3.63) is 73.9 Å². The van der Waals surface area contributed by atoms with Crippen molar-refractivity contribution in [3.63, 3.8) is 0 Å². The first-order valence-corrected chi connectivity index (χ1v) is 9.30. The number of aliphatic hydroxyl groups excluding tert-OH is 1. The summed E-state index contributed by atoms with van der Waals surface area (Å²) in [5, 5.41) is 7.88. The first-order chi connectivity index (χ1) is 13.6. The second kappa shape index (κ2) is 13.9. The number of halogens is 4. The van der Waals surface area contributed by atoms with Crippen LogP contribution in [0.15, 0.2) is 43.9 Å². The van der Waals surface area contributed by atoms with Gasteiger partial charge in [0.2, 0.25) is 0 Å². The van der Waals surface area contributed by atoms with Crippen LogP contribution >= 0.6 is 23.4 Å². The molecule has 31 heavy (non-hydrogen) atoms. The molecule has 2 heterocycles. The molecule has 3 aromatic rings. The van der Waals surface area contributed by atoms with E-state index in [1.807, 2.05) is 4.98 Å². The molecular weight excluding hydrogens is 582 g/mol. The SMILES string of the molecule is O=c1[nH]c(=O)c2cc(C(F)(F)F)c(Cl)c(SCCCO)c2[nH]1.O=c1cncc[nH]1.[CH3-].[Cs+]. The molecule has 0 spiro atoms. The van der Waals surface area contributed by atoms with Crippen LogP contribution in [0.25, 0.3) is 10.9 Å². The topological polar surface area (TPSA) is 132 Å². The number of H-pyrrole nitrogens is 3. The summed E-state index contributed by atoms with van der Waals surface area (Å²) in [6, 6.07) is 0.614. The normalized spacial score (nSPS) is 10.5. The Morgan fingerprint density at radius 3 is 2.35 bits per heavy atom. The molecule has 0 saturated carbocycles. The van der Waals surface area contributed by atoms with Gasteiger partial charge in [-0.2, -0.15) is 13.2 Å². The van der Waals surface area contributed by atoms with Crippen LogP contribution in [0, 0.1) is 7.43 Å². The molecule has 0 unspecified atom stereocenters. The summed E-state index contributed by atoms with van der Waals surface area (Å²) in [6.45, 7) is -0.140. The maximum absolute atomic E-state index is 13.0. The van der Waals surface area contributed by atoms with E-state index in [1.165, 1.54) is 18.6 Å². The van der Waals surface area contributed by atoms with Gasteiger partial charge >= 0.3 is 80.8 Å². The van der Waals surface area contributed by atoms with E-state index in [2.05, 4.69) is 15.0 Å². The fraction of sp³-hybridized carbons (Fsp3) is 0.235. The monoisotopic (exact) mass is 598 g/mol. The summed E-state index contributed by atoms with van der Waals surface area (Å²) in [5.41, 5.74) is -3.12. The second-order valence-electron chi connectivity index (χ2n) is 5.42. The zero-order valence-electron chi connectivity index (χ0n) is 16.5. The number of nitrogens with zero attached hydrogens (tertiary/aromatic N) is 1. The number of fused-ring (bicyclic) bond motifs is 1. The minimum atomic E-state index is -4.74. The van der Waals surface area contributed by atoms with Crippen LogP contribution in [0.1, 0.15) is 12.0 Å². The molecule has 2 aromatic heterocycles. The Kier molecular flexibility index (Phi) is 13.7. The van der Waals surface area contributed by atoms with Crippen LogP contribution < -0.4 is 85.7 Å². The molecule has 0 radical (unpaired) electrons. The molecule has 14 heteroatoms. The molecule has 4 N–H and O–H groups in total. The molecule has 3 rings (SSSR count). The van der Waals surface area contributed by atoms with E-state index in [-0.39, 0.29) is 110 Å². The molecule has 164 valence electrons. The Morgan fingerprint density at radius 2 is 1.87 bits per heavy atom. The van der Waals surface area contributed by atoms with Gasteiger partial charge in [-0.25, -0.2) is 4.79 Å². The maximum Gasteiger partial charge on any atom is 1.00 e. The van der Waals surface area contributed by atoms with Crippen molar-refractivity contribution in [3.8, 4) is 0 Å². The Bertz CT molecular complexity index is 1150. The summed E-state index contributed by atoms with van der Waals surface area (Å²) in [4.78, 5) is 43.3. The third-order valence-corrected chi connectivity index (χ3v) is 5.06. The van der Waals surface area contributed by atoms with Gasteiger partial charge in [0, 0.05) is 24.8 Å². The van der Waals surface area contributed by atoms with Crippen molar-refractivity contribution >= 4 is 34.3 Å². The van der Waals surface area contributed by atoms with E-state index in [9.17, 15) is 27.6 Å². The largest absolute Gasteiger partial charge is 1.00 e. The van der Waals surface area contributed by atoms with Gasteiger partial charge in [0.1, 0.15) is 0 Å². The van der Waals surface area contributed by atoms with Gasteiger partial charge in [-0.05, 0) is 12.5 Å². The van der Waals surface area contributed by atoms with Gasteiger partial charge in [0.15, 0.2) is 0 Å². The Morgan fingerprint density at radius 1 is 1.19 bits per heavy atom. The Labute approximate surface area is 241 Å². The van der Waals surface area contributed by atoms with E-state index in [0.29, 0.717) is 12.5 Å². The van der Waals surface area contributed by atoms with E-state index >= 15 is 0 Å². The average Bonchev–Trinajstić information content (AvgIpc) is 2.63. The first kappa shape index (κ1) is 30.5. The van der Waals surface area contributed by atoms with Crippen LogP contribution in [0.3, 0.4) is 0 Å². The van der Waals surface area contributed by atoms with Crippen LogP contribution in [-0.4, -0.2) is 37.4 Å². The van der Waals surface area contributed by atoms with Gasteiger partial charge in [0.05, 0.1) is 32.6 Å². The number of aromatic nitrogens is 4. The molecule has 0 aliphatic carbocycles. The first-order valence-electron chi connectivity index (χ1n) is 7.93. The van der Waals surface area contributed by atoms with Gasteiger partial charge in [-0.1, -0.05) is 11.6 Å². The molecule has 0 fully saturated rings. The van der Waals surface area contributed by atoms with Crippen LogP contribution in [0.2, 0.25) is 5.02 Å². The van der Waals surface area contributed by atoms with Crippen molar-refractivity contribution < 1.29 is 87.2 Å². The van der Waals surface area contributed by atoms with Gasteiger partial charge in [-0.15, -0.1) is 11.8 Å². The number of nitrogens with one attached hydrogen (secondary N) is 3. The molecular formula is C17H17ClCsF3N4O4S. The molecule has 0 aliphatic heterocycles. The van der Waals surface area contributed by atoms with Crippen molar-refractivity contribution in [2.75, 3.05) is 12.4 Å². The predicted molar refractivity (Wildman–Crippen MR) is 109 cm³/mol. The fourth-order valence-corrected chi connectivity index (χ4v) is 3.58. The second-order valence-corrected chi connectivity index (χ2v) is 6.91. The molecule has 0 amide bonds. The van der Waals surface area contributed by atoms with Crippen LogP contribution in [0.5, 0.6) is 0 Å². The number of hydrogen-bond acceptors (Lipinski definition) is 6. The zero-order chi connectivity index (χ0) is 21.6. The van der Waals surface area contributed by atoms with Crippen molar-refractivity contribution in [1.82, 2.24) is 19.9 Å². The summed E-state index contributed by atoms with van der Waals surface area (Å²) in [5.74, 6) is 0.279. The third kappa shape index (κ3) is 8.74. The summed E-state index contributed by atoms with van der Waals surface area (Å²) < 4.78 is 39.1. The van der Waals surface area contributed by atoms with Crippen LogP contribution in [0.4, 0.5) is 13.2 Å². The van der Waals surface area contributed by atoms with Gasteiger partial charge in [0.25, 0.3) is 11.1 Å². The van der Waals surface area contributed by atoms with Crippen LogP contribution in [-0.2, 0) is 6.18 Å². The molecule has 0 saturated heterocycles. The van der Waals surface area contributed by atoms with Crippen molar-refractivity contribution in [1.29, 1.82) is 0 Å². The number of aromatic amines is 3. The Hall–Kier alpha value is -0.518. The maximum atomic E-state index is 13.0. The summed E-state index contributed by atoms with van der Waals surface area (Å²) in [7, 11) is 0. The summed E-state index contributed by atoms with van der Waals surface area (Å²) >= 11 is 6.75. The predicted octanol–water partition coefficient (Wildman–Crippen LogP) is -0.413. The third-order valence-electron chi connectivity index (χ3n) is 3.36. The number of aliphatic hydroxyl groups is 1. The molecule has 0 bridgehead atoms. The molecule has 0 atom stereocenters. The van der Waals surface area contributed by atoms with E-state index < -0.39 is 28.0 Å². The van der Waals surface area contributed by atoms with E-state index in [0.717, 1.165) is 11.8 Å². The minimum Gasteiger partial charge on any atom is -0.396 e. The van der Waals surface area contributed by atoms with Crippen molar-refractivity contribution in [2.24, 2.45) is 0 Å². The quantitative estimate of drug-likeness (QED) is 0.184. The minimum absolute atomic E-state index is 0. The summed E-state index contributed by atoms with van der Waals surface area (Å²) in [6.07, 6.45) is -0.184. The average molecular weight is 599 g/mol. The number of hydrogen-bond donors (Lipinski definition) is 4. The number of alkyl halides is 3. The number of rotatable bonds is 4. The molecule has 1 aromatic carbocycles. The van der Waals surface area contributed by atoms with E-state index in [4.69, 9.17) is 16.7 Å². The smallest absolute Gasteiger partial charge is 0.396 e. The van der Waals surface area contributed by atoms with E-state index in [1.54, 1.807) is 0 Å². The molecule has 8 nitrogen and oxygen atoms in total. The Balaban J connectivity index is 0.000000854. The molecule has 0 aliphatic rings. The zero-order valence-corrected chi connectivity index (χ0v) is 24.3. The van der Waals surface area contributed by atoms with Gasteiger partial charge < -0.3 is 22.5 Å². The number of benzene rings is 1. The van der Waals surface area contributed by atoms with Gasteiger partial charge in [-0.3, -0.25) is 19.6 Å².